The quantitative estimate of drug-likeness (QED) is 0.644. The van der Waals surface area contributed by atoms with Crippen LogP contribution in [0.4, 0.5) is 0 Å². The molecule has 100 valence electrons. The second kappa shape index (κ2) is 7.63. The van der Waals surface area contributed by atoms with Crippen molar-refractivity contribution in [2.24, 2.45) is 0 Å². The van der Waals surface area contributed by atoms with E-state index in [4.69, 9.17) is 9.47 Å². The molecule has 0 bridgehead atoms. The first-order valence-electron chi connectivity index (χ1n) is 6.14. The average molecular weight is 245 g/mol. The summed E-state index contributed by atoms with van der Waals surface area (Å²) in [6.45, 7) is 8.01. The van der Waals surface area contributed by atoms with E-state index in [-0.39, 0.29) is 18.2 Å². The maximum atomic E-state index is 11.1. The first kappa shape index (κ1) is 14.4. The van der Waals surface area contributed by atoms with Gasteiger partial charge < -0.3 is 14.2 Å². The molecular formula is C12H23NO4. The van der Waals surface area contributed by atoms with E-state index in [0.717, 1.165) is 26.2 Å². The van der Waals surface area contributed by atoms with E-state index in [0.29, 0.717) is 13.0 Å². The Morgan fingerprint density at radius 1 is 1.53 bits per heavy atom. The number of ether oxygens (including phenoxy) is 3. The molecule has 5 nitrogen and oxygen atoms in total. The van der Waals surface area contributed by atoms with Gasteiger partial charge in [0.25, 0.3) is 0 Å². The number of morpholine rings is 1. The van der Waals surface area contributed by atoms with Gasteiger partial charge in [-0.2, -0.15) is 0 Å². The largest absolute Gasteiger partial charge is 0.469 e. The third kappa shape index (κ3) is 6.00. The number of carbonyl (C=O) groups excluding carboxylic acids is 1. The summed E-state index contributed by atoms with van der Waals surface area (Å²) >= 11 is 0. The predicted octanol–water partition coefficient (Wildman–Crippen LogP) is 0.675. The van der Waals surface area contributed by atoms with E-state index in [1.54, 1.807) is 0 Å². The van der Waals surface area contributed by atoms with Crippen molar-refractivity contribution in [2.45, 2.75) is 32.5 Å². The van der Waals surface area contributed by atoms with Gasteiger partial charge in [0.2, 0.25) is 0 Å². The van der Waals surface area contributed by atoms with Crippen LogP contribution in [0.25, 0.3) is 0 Å². The summed E-state index contributed by atoms with van der Waals surface area (Å²) < 4.78 is 15.7. The first-order chi connectivity index (χ1) is 8.11. The molecular weight excluding hydrogens is 222 g/mol. The zero-order chi connectivity index (χ0) is 12.7. The fourth-order valence-electron chi connectivity index (χ4n) is 1.79. The Kier molecular flexibility index (Phi) is 6.47. The fraction of sp³-hybridized carbons (Fsp3) is 0.917. The topological polar surface area (TPSA) is 48.0 Å². The lowest BCUT2D eigenvalue weighted by Crippen LogP contribution is -2.44. The number of nitrogens with zero attached hydrogens (tertiary/aromatic N) is 1. The smallest absolute Gasteiger partial charge is 0.308 e. The molecule has 0 saturated carbocycles. The second-order valence-corrected chi connectivity index (χ2v) is 4.49. The molecule has 0 radical (unpaired) electrons. The van der Waals surface area contributed by atoms with Crippen molar-refractivity contribution in [3.8, 4) is 0 Å². The minimum atomic E-state index is -0.213. The lowest BCUT2D eigenvalue weighted by molar-refractivity contribution is -0.145. The molecule has 17 heavy (non-hydrogen) atoms. The van der Waals surface area contributed by atoms with Gasteiger partial charge >= 0.3 is 5.97 Å². The van der Waals surface area contributed by atoms with Crippen molar-refractivity contribution in [3.05, 3.63) is 0 Å². The molecule has 0 amide bonds. The van der Waals surface area contributed by atoms with Gasteiger partial charge in [0.05, 0.1) is 39.0 Å². The molecule has 1 fully saturated rings. The molecule has 1 saturated heterocycles. The summed E-state index contributed by atoms with van der Waals surface area (Å²) in [5.41, 5.74) is 0. The van der Waals surface area contributed by atoms with Crippen LogP contribution in [-0.2, 0) is 19.0 Å². The van der Waals surface area contributed by atoms with Gasteiger partial charge in [0.15, 0.2) is 0 Å². The van der Waals surface area contributed by atoms with E-state index >= 15 is 0 Å². The van der Waals surface area contributed by atoms with Crippen molar-refractivity contribution in [3.63, 3.8) is 0 Å². The summed E-state index contributed by atoms with van der Waals surface area (Å²) in [7, 11) is 1.40. The standard InChI is InChI=1S/C12H23NO4/c1-10(2)16-6-4-13-5-7-17-11(9-13)8-12(14)15-3/h10-11H,4-9H2,1-3H3. The molecule has 5 heteroatoms. The third-order valence-corrected chi connectivity index (χ3v) is 2.70. The van der Waals surface area contributed by atoms with Crippen LogP contribution in [0.2, 0.25) is 0 Å². The SMILES string of the molecule is COC(=O)CC1CN(CCOC(C)C)CCO1. The summed E-state index contributed by atoms with van der Waals surface area (Å²) in [5.74, 6) is -0.213. The number of methoxy groups -OCH3 is 1. The average Bonchev–Trinajstić information content (AvgIpc) is 2.29. The van der Waals surface area contributed by atoms with E-state index in [9.17, 15) is 4.79 Å². The lowest BCUT2D eigenvalue weighted by Gasteiger charge is -2.32. The Labute approximate surface area is 103 Å². The van der Waals surface area contributed by atoms with Crippen molar-refractivity contribution in [2.75, 3.05) is 40.0 Å². The minimum Gasteiger partial charge on any atom is -0.469 e. The van der Waals surface area contributed by atoms with Crippen LogP contribution in [0.1, 0.15) is 20.3 Å². The van der Waals surface area contributed by atoms with Crippen LogP contribution in [0.15, 0.2) is 0 Å². The van der Waals surface area contributed by atoms with Crippen molar-refractivity contribution < 1.29 is 19.0 Å². The fourth-order valence-corrected chi connectivity index (χ4v) is 1.79. The number of esters is 1. The number of carbonyl (C=O) groups is 1. The summed E-state index contributed by atoms with van der Waals surface area (Å²) in [5, 5.41) is 0. The van der Waals surface area contributed by atoms with Gasteiger partial charge in [-0.15, -0.1) is 0 Å². The van der Waals surface area contributed by atoms with Crippen molar-refractivity contribution in [1.82, 2.24) is 4.90 Å². The van der Waals surface area contributed by atoms with Gasteiger partial charge in [-0.1, -0.05) is 0 Å². The van der Waals surface area contributed by atoms with Crippen molar-refractivity contribution >= 4 is 5.97 Å². The highest BCUT2D eigenvalue weighted by molar-refractivity contribution is 5.69. The van der Waals surface area contributed by atoms with Crippen molar-refractivity contribution in [1.29, 1.82) is 0 Å². The maximum Gasteiger partial charge on any atom is 0.308 e. The van der Waals surface area contributed by atoms with E-state index in [1.807, 2.05) is 13.8 Å². The molecule has 1 rings (SSSR count). The molecule has 1 heterocycles. The Hall–Kier alpha value is -0.650. The van der Waals surface area contributed by atoms with Gasteiger partial charge in [-0.3, -0.25) is 9.69 Å². The van der Waals surface area contributed by atoms with Gasteiger partial charge in [-0.05, 0) is 13.8 Å². The van der Waals surface area contributed by atoms with Gasteiger partial charge in [0.1, 0.15) is 0 Å². The molecule has 1 unspecified atom stereocenters. The predicted molar refractivity (Wildman–Crippen MR) is 63.9 cm³/mol. The van der Waals surface area contributed by atoms with Crippen LogP contribution in [-0.4, -0.2) is 63.0 Å². The zero-order valence-corrected chi connectivity index (χ0v) is 11.0. The molecule has 0 aromatic rings. The van der Waals surface area contributed by atoms with E-state index in [1.165, 1.54) is 7.11 Å². The molecule has 1 atom stereocenters. The van der Waals surface area contributed by atoms with Gasteiger partial charge in [0, 0.05) is 19.6 Å². The number of hydrogen-bond acceptors (Lipinski definition) is 5. The molecule has 1 aliphatic rings. The lowest BCUT2D eigenvalue weighted by atomic mass is 10.2. The number of rotatable bonds is 6. The summed E-state index contributed by atoms with van der Waals surface area (Å²) in [6, 6.07) is 0. The monoisotopic (exact) mass is 245 g/mol. The molecule has 0 aliphatic carbocycles. The molecule has 0 aromatic carbocycles. The third-order valence-electron chi connectivity index (χ3n) is 2.70. The molecule has 0 aromatic heterocycles. The Balaban J connectivity index is 2.21. The van der Waals surface area contributed by atoms with Crippen LogP contribution in [0, 0.1) is 0 Å². The highest BCUT2D eigenvalue weighted by Gasteiger charge is 2.22. The van der Waals surface area contributed by atoms with E-state index < -0.39 is 0 Å². The molecule has 1 aliphatic heterocycles. The molecule has 0 N–H and O–H groups in total. The Morgan fingerprint density at radius 2 is 2.29 bits per heavy atom. The zero-order valence-electron chi connectivity index (χ0n) is 11.0. The Bertz CT molecular complexity index is 233. The second-order valence-electron chi connectivity index (χ2n) is 4.49. The summed E-state index contributed by atoms with van der Waals surface area (Å²) in [6.07, 6.45) is 0.551. The number of hydrogen-bond donors (Lipinski definition) is 0. The van der Waals surface area contributed by atoms with Crippen LogP contribution in [0.5, 0.6) is 0 Å². The van der Waals surface area contributed by atoms with Crippen LogP contribution >= 0.6 is 0 Å². The van der Waals surface area contributed by atoms with Gasteiger partial charge in [-0.25, -0.2) is 0 Å². The maximum absolute atomic E-state index is 11.1. The van der Waals surface area contributed by atoms with Crippen LogP contribution in [0.3, 0.4) is 0 Å². The van der Waals surface area contributed by atoms with Crippen LogP contribution < -0.4 is 0 Å². The highest BCUT2D eigenvalue weighted by Crippen LogP contribution is 2.09. The first-order valence-corrected chi connectivity index (χ1v) is 6.14. The highest BCUT2D eigenvalue weighted by atomic mass is 16.5. The van der Waals surface area contributed by atoms with E-state index in [2.05, 4.69) is 9.64 Å². The summed E-state index contributed by atoms with van der Waals surface area (Å²) in [4.78, 5) is 13.4. The molecule has 0 spiro atoms. The minimum absolute atomic E-state index is 0.0461. The normalized spacial score (nSPS) is 21.8. The Morgan fingerprint density at radius 3 is 2.94 bits per heavy atom.